The summed E-state index contributed by atoms with van der Waals surface area (Å²) in [5.74, 6) is 0. The van der Waals surface area contributed by atoms with Gasteiger partial charge in [0.05, 0.1) is 6.10 Å². The highest BCUT2D eigenvalue weighted by Crippen LogP contribution is 2.27. The van der Waals surface area contributed by atoms with Gasteiger partial charge in [-0.3, -0.25) is 0 Å². The lowest BCUT2D eigenvalue weighted by Crippen LogP contribution is -2.12. The van der Waals surface area contributed by atoms with E-state index in [4.69, 9.17) is 16.3 Å². The van der Waals surface area contributed by atoms with Crippen molar-refractivity contribution in [2.24, 2.45) is 0 Å². The Labute approximate surface area is 106 Å². The Balaban J connectivity index is 2.70. The van der Waals surface area contributed by atoms with Crippen LogP contribution >= 0.6 is 34.2 Å². The fourth-order valence-electron chi connectivity index (χ4n) is 1.14. The molecule has 1 nitrogen and oxygen atoms in total. The molecule has 0 amide bonds. The molecule has 1 rings (SSSR count). The van der Waals surface area contributed by atoms with E-state index < -0.39 is 13.0 Å². The van der Waals surface area contributed by atoms with Crippen LogP contribution in [0.25, 0.3) is 0 Å². The van der Waals surface area contributed by atoms with Gasteiger partial charge < -0.3 is 4.74 Å². The minimum atomic E-state index is -2.45. The summed E-state index contributed by atoms with van der Waals surface area (Å²) in [4.78, 5) is 0. The Morgan fingerprint density at radius 3 is 2.53 bits per heavy atom. The minimum absolute atomic E-state index is 0.367. The minimum Gasteiger partial charge on any atom is -0.367 e. The molecule has 5 heteroatoms. The van der Waals surface area contributed by atoms with E-state index in [1.165, 1.54) is 0 Å². The summed E-state index contributed by atoms with van der Waals surface area (Å²) in [7, 11) is 0. The predicted octanol–water partition coefficient (Wildman–Crippen LogP) is 4.10. The van der Waals surface area contributed by atoms with Gasteiger partial charge in [-0.15, -0.1) is 0 Å². The first-order valence-electron chi connectivity index (χ1n) is 4.35. The van der Waals surface area contributed by atoms with Crippen LogP contribution in [0.15, 0.2) is 24.3 Å². The third-order valence-corrected chi connectivity index (χ3v) is 2.96. The number of hydrogen-bond donors (Lipinski definition) is 0. The van der Waals surface area contributed by atoms with Crippen LogP contribution in [-0.2, 0) is 4.74 Å². The summed E-state index contributed by atoms with van der Waals surface area (Å²) in [6.45, 7) is -0.557. The molecule has 0 aliphatic heterocycles. The molecule has 0 bridgehead atoms. The summed E-state index contributed by atoms with van der Waals surface area (Å²) < 4.78 is 29.6. The van der Waals surface area contributed by atoms with Crippen LogP contribution in [0.3, 0.4) is 0 Å². The van der Waals surface area contributed by atoms with Gasteiger partial charge in [-0.1, -0.05) is 52.4 Å². The molecule has 0 aliphatic carbocycles. The number of ether oxygens (including phenoxy) is 1. The van der Waals surface area contributed by atoms with Crippen molar-refractivity contribution in [3.8, 4) is 0 Å². The van der Waals surface area contributed by atoms with Gasteiger partial charge >= 0.3 is 0 Å². The second-order valence-corrected chi connectivity index (χ2v) is 4.18. The van der Waals surface area contributed by atoms with Crippen molar-refractivity contribution in [3.63, 3.8) is 0 Å². The first kappa shape index (κ1) is 13.1. The third-order valence-electron chi connectivity index (χ3n) is 1.82. The average Bonchev–Trinajstić information content (AvgIpc) is 2.21. The van der Waals surface area contributed by atoms with Crippen LogP contribution in [0, 0.1) is 0 Å². The first-order valence-corrected chi connectivity index (χ1v) is 6.25. The fraction of sp³-hybridized carbons (Fsp3) is 0.400. The molecule has 0 fully saturated rings. The number of halogens is 4. The molecule has 0 aromatic heterocycles. The van der Waals surface area contributed by atoms with E-state index in [-0.39, 0.29) is 6.10 Å². The van der Waals surface area contributed by atoms with Crippen LogP contribution < -0.4 is 0 Å². The summed E-state index contributed by atoms with van der Waals surface area (Å²) in [6, 6.07) is 7.12. The molecular weight excluding hydrogens is 336 g/mol. The number of alkyl halides is 3. The Hall–Kier alpha value is 0.0600. The quantitative estimate of drug-likeness (QED) is 0.576. The average molecular weight is 347 g/mol. The molecular formula is C10H10ClF2IO. The molecule has 0 saturated carbocycles. The molecule has 1 aromatic carbocycles. The van der Waals surface area contributed by atoms with Gasteiger partial charge in [0.2, 0.25) is 0 Å². The van der Waals surface area contributed by atoms with Crippen LogP contribution in [-0.4, -0.2) is 17.5 Å². The van der Waals surface area contributed by atoms with Gasteiger partial charge in [-0.2, -0.15) is 0 Å². The highest BCUT2D eigenvalue weighted by Gasteiger charge is 2.15. The van der Waals surface area contributed by atoms with Gasteiger partial charge in [0, 0.05) is 15.0 Å². The summed E-state index contributed by atoms with van der Waals surface area (Å²) in [5.41, 5.74) is 0.759. The van der Waals surface area contributed by atoms with Crippen molar-refractivity contribution >= 4 is 34.2 Å². The zero-order valence-corrected chi connectivity index (χ0v) is 10.7. The second kappa shape index (κ2) is 6.60. The molecule has 0 aliphatic rings. The van der Waals surface area contributed by atoms with E-state index in [1.54, 1.807) is 18.2 Å². The molecule has 0 N–H and O–H groups in total. The Morgan fingerprint density at radius 2 is 2.00 bits per heavy atom. The molecule has 0 spiro atoms. The monoisotopic (exact) mass is 346 g/mol. The van der Waals surface area contributed by atoms with Gasteiger partial charge in [0.1, 0.15) is 6.61 Å². The predicted molar refractivity (Wildman–Crippen MR) is 65.0 cm³/mol. The Bertz CT molecular complexity index is 309. The molecule has 1 unspecified atom stereocenters. The van der Waals surface area contributed by atoms with E-state index in [1.807, 2.05) is 6.07 Å². The van der Waals surface area contributed by atoms with Crippen molar-refractivity contribution in [2.75, 3.05) is 11.0 Å². The van der Waals surface area contributed by atoms with E-state index in [9.17, 15) is 8.78 Å². The van der Waals surface area contributed by atoms with Crippen LogP contribution in [0.2, 0.25) is 5.02 Å². The van der Waals surface area contributed by atoms with Crippen molar-refractivity contribution in [1.82, 2.24) is 0 Å². The van der Waals surface area contributed by atoms with Crippen molar-refractivity contribution in [2.45, 2.75) is 12.5 Å². The van der Waals surface area contributed by atoms with E-state index in [0.717, 1.165) is 5.56 Å². The number of benzene rings is 1. The lowest BCUT2D eigenvalue weighted by molar-refractivity contribution is -0.0152. The maximum absolute atomic E-state index is 12.0. The van der Waals surface area contributed by atoms with Gasteiger partial charge in [0.25, 0.3) is 6.43 Å². The normalized spacial score (nSPS) is 13.1. The maximum Gasteiger partial charge on any atom is 0.261 e. The summed E-state index contributed by atoms with van der Waals surface area (Å²) in [5, 5.41) is 0.549. The van der Waals surface area contributed by atoms with Crippen LogP contribution in [0.1, 0.15) is 11.7 Å². The Morgan fingerprint density at radius 1 is 1.33 bits per heavy atom. The zero-order chi connectivity index (χ0) is 11.3. The van der Waals surface area contributed by atoms with Crippen molar-refractivity contribution < 1.29 is 13.5 Å². The highest BCUT2D eigenvalue weighted by atomic mass is 127. The summed E-state index contributed by atoms with van der Waals surface area (Å²) in [6.07, 6.45) is -2.81. The smallest absolute Gasteiger partial charge is 0.261 e. The Kier molecular flexibility index (Phi) is 5.78. The zero-order valence-electron chi connectivity index (χ0n) is 7.80. The largest absolute Gasteiger partial charge is 0.367 e. The van der Waals surface area contributed by atoms with Crippen LogP contribution in [0.4, 0.5) is 8.78 Å². The molecule has 0 heterocycles. The van der Waals surface area contributed by atoms with Gasteiger partial charge in [0.15, 0.2) is 0 Å². The van der Waals surface area contributed by atoms with Crippen molar-refractivity contribution in [1.29, 1.82) is 0 Å². The molecule has 0 radical (unpaired) electrons. The van der Waals surface area contributed by atoms with Crippen molar-refractivity contribution in [3.05, 3.63) is 34.9 Å². The summed E-state index contributed by atoms with van der Waals surface area (Å²) >= 11 is 8.03. The lowest BCUT2D eigenvalue weighted by Gasteiger charge is -2.16. The molecule has 15 heavy (non-hydrogen) atoms. The van der Waals surface area contributed by atoms with E-state index in [0.29, 0.717) is 9.45 Å². The third kappa shape index (κ3) is 4.20. The second-order valence-electron chi connectivity index (χ2n) is 2.89. The van der Waals surface area contributed by atoms with E-state index >= 15 is 0 Å². The molecule has 1 atom stereocenters. The molecule has 1 aromatic rings. The first-order chi connectivity index (χ1) is 7.15. The van der Waals surface area contributed by atoms with E-state index in [2.05, 4.69) is 22.6 Å². The van der Waals surface area contributed by atoms with Gasteiger partial charge in [-0.05, 0) is 6.07 Å². The van der Waals surface area contributed by atoms with Gasteiger partial charge in [-0.25, -0.2) is 8.78 Å². The molecule has 84 valence electrons. The standard InChI is InChI=1S/C10H10ClF2IO/c11-8-4-2-1-3-7(8)9(5-14)15-6-10(12)13/h1-4,9-10H,5-6H2. The number of rotatable bonds is 5. The fourth-order valence-corrected chi connectivity index (χ4v) is 2.13. The highest BCUT2D eigenvalue weighted by molar-refractivity contribution is 14.1. The SMILES string of the molecule is FC(F)COC(CI)c1ccccc1Cl. The maximum atomic E-state index is 12.0. The number of hydrogen-bond acceptors (Lipinski definition) is 1. The molecule has 0 saturated heterocycles. The lowest BCUT2D eigenvalue weighted by atomic mass is 10.1. The topological polar surface area (TPSA) is 9.23 Å². The van der Waals surface area contributed by atoms with Crippen LogP contribution in [0.5, 0.6) is 0 Å².